The van der Waals surface area contributed by atoms with Crippen LogP contribution in [0.25, 0.3) is 0 Å². The molecule has 2 aromatic heterocycles. The zero-order chi connectivity index (χ0) is 31.0. The van der Waals surface area contributed by atoms with E-state index in [1.807, 2.05) is 63.4 Å². The highest BCUT2D eigenvalue weighted by Gasteiger charge is 2.44. The molecular weight excluding hydrogens is 576 g/mol. The fourth-order valence-electron chi connectivity index (χ4n) is 7.05. The number of nitrogens with zero attached hydrogens (tertiary/aromatic N) is 6. The molecule has 3 aromatic rings. The third-order valence-electron chi connectivity index (χ3n) is 9.08. The number of aryl methyl sites for hydroxylation is 4. The number of pyridine rings is 1. The Bertz CT molecular complexity index is 1520. The number of hydrogen-bond acceptors (Lipinski definition) is 6. The van der Waals surface area contributed by atoms with Gasteiger partial charge in [0.25, 0.3) is 0 Å². The van der Waals surface area contributed by atoms with Crippen LogP contribution in [0.4, 0.5) is 4.79 Å². The first-order chi connectivity index (χ1) is 21.1. The van der Waals surface area contributed by atoms with Crippen molar-refractivity contribution >= 4 is 23.6 Å². The minimum Gasteiger partial charge on any atom is -0.444 e. The van der Waals surface area contributed by atoms with Crippen molar-refractivity contribution in [2.24, 2.45) is 0 Å². The van der Waals surface area contributed by atoms with Gasteiger partial charge in [-0.1, -0.05) is 23.7 Å². The molecule has 0 radical (unpaired) electrons. The third-order valence-corrected chi connectivity index (χ3v) is 9.32. The number of rotatable bonds is 5. The van der Waals surface area contributed by atoms with Gasteiger partial charge >= 0.3 is 6.09 Å². The standard InChI is InChI=1S/C34H43ClN6O3/c1-23-20-38(22-37-23)16-13-27-8-6-15-40(27)32(42)29-21-39(17-18-41(29)33(43)44-34(2,3)4)31-28-12-11-26(35)19-25(28)10-9-24-7-5-14-36-30(24)31/h5,7,11-12,14,19-20,22,27,29,31H,6,8-10,13,15-18,21H2,1-4H3/t27-,29-,31?/m1/s1. The Morgan fingerprint density at radius 3 is 2.64 bits per heavy atom. The molecule has 6 rings (SSSR count). The van der Waals surface area contributed by atoms with Crippen LogP contribution in [0.15, 0.2) is 49.1 Å². The Balaban J connectivity index is 1.31. The minimum atomic E-state index is -0.666. The summed E-state index contributed by atoms with van der Waals surface area (Å²) in [7, 11) is 0. The number of piperazine rings is 1. The molecule has 44 heavy (non-hydrogen) atoms. The van der Waals surface area contributed by atoms with E-state index in [0.29, 0.717) is 26.2 Å². The van der Waals surface area contributed by atoms with Crippen molar-refractivity contribution in [2.75, 3.05) is 26.2 Å². The maximum Gasteiger partial charge on any atom is 0.411 e. The molecule has 9 nitrogen and oxygen atoms in total. The Morgan fingerprint density at radius 1 is 1.05 bits per heavy atom. The van der Waals surface area contributed by atoms with Crippen molar-refractivity contribution in [1.29, 1.82) is 0 Å². The van der Waals surface area contributed by atoms with Crippen LogP contribution in [0, 0.1) is 6.92 Å². The second-order valence-corrected chi connectivity index (χ2v) is 13.8. The fourth-order valence-corrected chi connectivity index (χ4v) is 7.25. The van der Waals surface area contributed by atoms with E-state index in [1.54, 1.807) is 4.90 Å². The van der Waals surface area contributed by atoms with Gasteiger partial charge < -0.3 is 14.2 Å². The van der Waals surface area contributed by atoms with Gasteiger partial charge in [-0.15, -0.1) is 0 Å². The van der Waals surface area contributed by atoms with E-state index in [2.05, 4.69) is 32.7 Å². The molecule has 0 saturated carbocycles. The number of aromatic nitrogens is 3. The lowest BCUT2D eigenvalue weighted by Gasteiger charge is -2.45. The highest BCUT2D eigenvalue weighted by atomic mass is 35.5. The van der Waals surface area contributed by atoms with Crippen LogP contribution >= 0.6 is 11.6 Å². The van der Waals surface area contributed by atoms with Gasteiger partial charge in [-0.05, 0) is 94.7 Å². The third kappa shape index (κ3) is 6.49. The summed E-state index contributed by atoms with van der Waals surface area (Å²) in [6.45, 7) is 10.4. The number of fused-ring (bicyclic) bond motifs is 2. The van der Waals surface area contributed by atoms with Crippen LogP contribution in [0.5, 0.6) is 0 Å². The number of benzene rings is 1. The number of halogens is 1. The zero-order valence-electron chi connectivity index (χ0n) is 26.2. The van der Waals surface area contributed by atoms with Gasteiger partial charge in [-0.25, -0.2) is 9.78 Å². The van der Waals surface area contributed by atoms with Crippen LogP contribution in [-0.2, 0) is 28.9 Å². The van der Waals surface area contributed by atoms with Crippen molar-refractivity contribution in [1.82, 2.24) is 29.2 Å². The predicted octanol–water partition coefficient (Wildman–Crippen LogP) is 5.43. The number of carbonyl (C=O) groups is 2. The lowest BCUT2D eigenvalue weighted by atomic mass is 9.95. The number of hydrogen-bond donors (Lipinski definition) is 0. The van der Waals surface area contributed by atoms with E-state index in [4.69, 9.17) is 21.3 Å². The van der Waals surface area contributed by atoms with Crippen molar-refractivity contribution in [3.63, 3.8) is 0 Å². The second-order valence-electron chi connectivity index (χ2n) is 13.3. The molecule has 0 spiro atoms. The molecule has 1 aliphatic carbocycles. The molecule has 4 heterocycles. The molecular formula is C34H43ClN6O3. The van der Waals surface area contributed by atoms with E-state index < -0.39 is 17.7 Å². The molecule has 2 aliphatic heterocycles. The van der Waals surface area contributed by atoms with Gasteiger partial charge in [-0.3, -0.25) is 19.6 Å². The summed E-state index contributed by atoms with van der Waals surface area (Å²) in [6, 6.07) is 9.56. The summed E-state index contributed by atoms with van der Waals surface area (Å²) in [6.07, 6.45) is 9.80. The first-order valence-corrected chi connectivity index (χ1v) is 16.2. The molecule has 3 atom stereocenters. The van der Waals surface area contributed by atoms with Crippen LogP contribution < -0.4 is 0 Å². The summed E-state index contributed by atoms with van der Waals surface area (Å²) >= 11 is 6.46. The molecule has 10 heteroatoms. The number of ether oxygens (including phenoxy) is 1. The zero-order valence-corrected chi connectivity index (χ0v) is 27.0. The number of imidazole rings is 1. The summed E-state index contributed by atoms with van der Waals surface area (Å²) in [5.41, 5.74) is 4.91. The molecule has 0 bridgehead atoms. The van der Waals surface area contributed by atoms with Crippen molar-refractivity contribution in [3.05, 3.63) is 82.2 Å². The average Bonchev–Trinajstić information content (AvgIpc) is 3.60. The average molecular weight is 619 g/mol. The molecule has 2 saturated heterocycles. The SMILES string of the molecule is Cc1cn(CC[C@H]2CCCN2C(=O)[C@H]2CN(C3c4ccc(Cl)cc4CCc4cccnc43)CCN2C(=O)OC(C)(C)C)cn1. The van der Waals surface area contributed by atoms with E-state index in [9.17, 15) is 9.59 Å². The molecule has 3 aliphatic rings. The lowest BCUT2D eigenvalue weighted by molar-refractivity contribution is -0.140. The van der Waals surface area contributed by atoms with Crippen molar-refractivity contribution in [3.8, 4) is 0 Å². The Morgan fingerprint density at radius 2 is 1.86 bits per heavy atom. The Hall–Kier alpha value is -3.43. The molecule has 2 amide bonds. The monoisotopic (exact) mass is 618 g/mol. The summed E-state index contributed by atoms with van der Waals surface area (Å²) in [5, 5.41) is 0.718. The van der Waals surface area contributed by atoms with E-state index in [-0.39, 0.29) is 18.0 Å². The molecule has 2 fully saturated rings. The summed E-state index contributed by atoms with van der Waals surface area (Å²) < 4.78 is 7.93. The van der Waals surface area contributed by atoms with Crippen LogP contribution in [0.1, 0.15) is 74.2 Å². The topological polar surface area (TPSA) is 83.8 Å². The predicted molar refractivity (Wildman–Crippen MR) is 170 cm³/mol. The molecule has 1 unspecified atom stereocenters. The quantitative estimate of drug-likeness (QED) is 0.379. The largest absolute Gasteiger partial charge is 0.444 e. The molecule has 0 N–H and O–H groups in total. The van der Waals surface area contributed by atoms with Gasteiger partial charge in [0.2, 0.25) is 5.91 Å². The van der Waals surface area contributed by atoms with Crippen molar-refractivity contribution in [2.45, 2.75) is 90.1 Å². The summed E-state index contributed by atoms with van der Waals surface area (Å²) in [4.78, 5) is 43.4. The number of amides is 2. The maximum atomic E-state index is 14.5. The van der Waals surface area contributed by atoms with Gasteiger partial charge in [0.1, 0.15) is 11.6 Å². The smallest absolute Gasteiger partial charge is 0.411 e. The molecule has 1 aromatic carbocycles. The molecule has 234 valence electrons. The van der Waals surface area contributed by atoms with E-state index in [0.717, 1.165) is 55.1 Å². The van der Waals surface area contributed by atoms with E-state index >= 15 is 0 Å². The van der Waals surface area contributed by atoms with Gasteiger partial charge in [0, 0.05) is 56.2 Å². The number of carbonyl (C=O) groups excluding carboxylic acids is 2. The fraction of sp³-hybridized carbons (Fsp3) is 0.529. The Kier molecular flexibility index (Phi) is 8.70. The minimum absolute atomic E-state index is 0.00364. The normalized spacial score (nSPS) is 22.3. The Labute approximate surface area is 265 Å². The van der Waals surface area contributed by atoms with Crippen LogP contribution in [-0.4, -0.2) is 85.1 Å². The van der Waals surface area contributed by atoms with E-state index in [1.165, 1.54) is 16.7 Å². The highest BCUT2D eigenvalue weighted by molar-refractivity contribution is 6.30. The van der Waals surface area contributed by atoms with Crippen molar-refractivity contribution < 1.29 is 14.3 Å². The first kappa shape index (κ1) is 30.6. The second kappa shape index (κ2) is 12.5. The summed E-state index contributed by atoms with van der Waals surface area (Å²) in [5.74, 6) is -0.00364. The lowest BCUT2D eigenvalue weighted by Crippen LogP contribution is -2.62. The van der Waals surface area contributed by atoms with Crippen LogP contribution in [0.3, 0.4) is 0 Å². The maximum absolute atomic E-state index is 14.5. The number of likely N-dealkylation sites (tertiary alicyclic amines) is 1. The van der Waals surface area contributed by atoms with Gasteiger partial charge in [0.15, 0.2) is 0 Å². The first-order valence-electron chi connectivity index (χ1n) is 15.8. The van der Waals surface area contributed by atoms with Crippen LogP contribution in [0.2, 0.25) is 5.02 Å². The van der Waals surface area contributed by atoms with Gasteiger partial charge in [-0.2, -0.15) is 0 Å². The van der Waals surface area contributed by atoms with Gasteiger partial charge in [0.05, 0.1) is 23.8 Å². The highest BCUT2D eigenvalue weighted by Crippen LogP contribution is 2.38.